The Kier molecular flexibility index (Phi) is 7.61. The van der Waals surface area contributed by atoms with Crippen molar-refractivity contribution in [3.05, 3.63) is 40.7 Å². The summed E-state index contributed by atoms with van der Waals surface area (Å²) in [6.45, 7) is 0.428. The van der Waals surface area contributed by atoms with E-state index in [-0.39, 0.29) is 23.5 Å². The summed E-state index contributed by atoms with van der Waals surface area (Å²) >= 11 is 0. The van der Waals surface area contributed by atoms with Gasteiger partial charge in [-0.15, -0.1) is 0 Å². The van der Waals surface area contributed by atoms with Gasteiger partial charge in [-0.25, -0.2) is 19.1 Å². The molecule has 0 amide bonds. The number of aliphatic hydroxyl groups excluding tert-OH is 2. The van der Waals surface area contributed by atoms with Crippen molar-refractivity contribution in [2.24, 2.45) is 5.92 Å². The van der Waals surface area contributed by atoms with Crippen molar-refractivity contribution in [1.82, 2.24) is 29.1 Å². The Balaban J connectivity index is 1.21. The lowest BCUT2D eigenvalue weighted by Gasteiger charge is -2.26. The summed E-state index contributed by atoms with van der Waals surface area (Å²) in [6, 6.07) is 0.617. The number of rotatable bonds is 2. The summed E-state index contributed by atoms with van der Waals surface area (Å²) in [6.07, 6.45) is -4.64. The fraction of sp³-hybridized carbons (Fsp3) is 0.500. The molecule has 0 radical (unpaired) electrons. The molecule has 46 heavy (non-hydrogen) atoms. The number of aromatic nitrogens is 6. The highest BCUT2D eigenvalue weighted by Crippen LogP contribution is 2.55. The molecular weight excluding hydrogens is 654 g/mol. The van der Waals surface area contributed by atoms with Crippen LogP contribution in [0.15, 0.2) is 29.6 Å². The van der Waals surface area contributed by atoms with E-state index < -0.39 is 83.1 Å². The van der Waals surface area contributed by atoms with Crippen LogP contribution in [0.2, 0.25) is 0 Å². The zero-order chi connectivity index (χ0) is 32.7. The number of H-pyrrole nitrogens is 1. The first-order chi connectivity index (χ1) is 21.7. The molecule has 248 valence electrons. The second kappa shape index (κ2) is 11.2. The molecule has 3 fully saturated rings. The Bertz CT molecular complexity index is 1980. The van der Waals surface area contributed by atoms with E-state index in [9.17, 15) is 33.9 Å². The van der Waals surface area contributed by atoms with E-state index >= 15 is 0 Å². The van der Waals surface area contributed by atoms with Crippen molar-refractivity contribution >= 4 is 49.5 Å². The molecule has 9 N–H and O–H groups in total. The molecule has 10 atom stereocenters. The van der Waals surface area contributed by atoms with Crippen molar-refractivity contribution < 1.29 is 52.0 Å². The first-order valence-corrected chi connectivity index (χ1v) is 17.0. The molecule has 7 rings (SSSR count). The number of nitrogens with one attached hydrogen (secondary N) is 1. The van der Waals surface area contributed by atoms with E-state index in [1.54, 1.807) is 19.2 Å². The van der Waals surface area contributed by atoms with Gasteiger partial charge >= 0.3 is 15.6 Å². The third-order valence-corrected chi connectivity index (χ3v) is 10.4. The average Bonchev–Trinajstić information content (AvgIpc) is 3.71. The lowest BCUT2D eigenvalue weighted by Crippen LogP contribution is -2.36. The van der Waals surface area contributed by atoms with Gasteiger partial charge in [-0.2, -0.15) is 4.98 Å². The van der Waals surface area contributed by atoms with Gasteiger partial charge in [0.2, 0.25) is 5.95 Å². The Labute approximate surface area is 258 Å². The number of imidazole rings is 1. The van der Waals surface area contributed by atoms with Crippen LogP contribution in [-0.4, -0.2) is 92.8 Å². The topological polar surface area (TPSA) is 295 Å². The lowest BCUT2D eigenvalue weighted by atomic mass is 10.1. The minimum atomic E-state index is -5.02. The minimum Gasteiger partial charge on any atom is -0.398 e. The number of nitrogen functional groups attached to an aromatic ring is 2. The number of aryl methyl sites for hydroxylation is 1. The highest BCUT2D eigenvalue weighted by molar-refractivity contribution is 7.47. The van der Waals surface area contributed by atoms with E-state index in [0.717, 1.165) is 0 Å². The molecule has 6 heterocycles. The second-order valence-corrected chi connectivity index (χ2v) is 14.2. The highest BCUT2D eigenvalue weighted by atomic mass is 31.2. The number of nitrogens with two attached hydrogens (primary N) is 2. The van der Waals surface area contributed by atoms with Gasteiger partial charge < -0.3 is 45.3 Å². The highest BCUT2D eigenvalue weighted by Gasteiger charge is 2.53. The minimum absolute atomic E-state index is 0.00540. The largest absolute Gasteiger partial charge is 0.472 e. The average molecular weight is 684 g/mol. The van der Waals surface area contributed by atoms with Crippen molar-refractivity contribution in [2.45, 2.75) is 56.1 Å². The second-order valence-electron chi connectivity index (χ2n) is 11.4. The molecule has 4 aromatic rings. The van der Waals surface area contributed by atoms with Crippen LogP contribution in [-0.2, 0) is 32.0 Å². The summed E-state index contributed by atoms with van der Waals surface area (Å²) in [4.78, 5) is 48.6. The maximum Gasteiger partial charge on any atom is 0.472 e. The SMILES string of the molecule is Cc1cn([C@@H]2O[C@@H]3COP(=O)(O)O[C@H]4C(O)[C@@H](COP(=O)(O)OC3[C@@H]2O)C[C@H]4n2cnc3c(=O)[nH]c(N)nc32)c2nccc(N)c12. The number of anilines is 2. The summed E-state index contributed by atoms with van der Waals surface area (Å²) in [5.41, 5.74) is 12.6. The number of hydrogen-bond donors (Lipinski definition) is 7. The standard InChI is InChI=1S/C24H30N8O12P2/c1-9-5-31(20-14(9)11(25)2-3-27-20)23-17(34)19-13(42-23)7-41-46(38,39)43-18-12(4-10(16(18)33)6-40-45(36,37)44-19)32-8-28-15-21(32)29-24(26)30-22(15)35/h2-3,5,8,10,12-13,16-19,23,33-34H,4,6-7H2,1H3,(H2,25,27)(H,36,37)(H,38,39)(H3,26,29,30,35)/t10-,12-,13-,16?,17+,18-,19?,23-/m1/s1. The van der Waals surface area contributed by atoms with Crippen LogP contribution in [0.25, 0.3) is 22.2 Å². The molecule has 0 spiro atoms. The van der Waals surface area contributed by atoms with Crippen LogP contribution in [0, 0.1) is 12.8 Å². The zero-order valence-electron chi connectivity index (χ0n) is 23.9. The van der Waals surface area contributed by atoms with Crippen LogP contribution in [0.5, 0.6) is 0 Å². The van der Waals surface area contributed by atoms with E-state index in [4.69, 9.17) is 34.3 Å². The molecular formula is C24H30N8O12P2. The molecule has 20 nitrogen and oxygen atoms in total. The number of hydrogen-bond acceptors (Lipinski definition) is 15. The van der Waals surface area contributed by atoms with Crippen molar-refractivity contribution in [3.8, 4) is 0 Å². The zero-order valence-corrected chi connectivity index (χ0v) is 25.7. The monoisotopic (exact) mass is 684 g/mol. The van der Waals surface area contributed by atoms with Gasteiger partial charge in [0, 0.05) is 29.4 Å². The van der Waals surface area contributed by atoms with Gasteiger partial charge in [-0.05, 0) is 25.0 Å². The van der Waals surface area contributed by atoms with Crippen molar-refractivity contribution in [1.29, 1.82) is 0 Å². The van der Waals surface area contributed by atoms with E-state index in [0.29, 0.717) is 22.3 Å². The van der Waals surface area contributed by atoms with Crippen LogP contribution >= 0.6 is 15.6 Å². The number of phosphoric acid groups is 2. The summed E-state index contributed by atoms with van der Waals surface area (Å²) < 4.78 is 56.6. The number of fused-ring (bicyclic) bond motifs is 5. The third kappa shape index (κ3) is 5.34. The maximum atomic E-state index is 13.3. The summed E-state index contributed by atoms with van der Waals surface area (Å²) in [5, 5.41) is 23.0. The van der Waals surface area contributed by atoms with Crippen molar-refractivity contribution in [3.63, 3.8) is 0 Å². The molecule has 2 saturated heterocycles. The Morgan fingerprint density at radius 3 is 2.48 bits per heavy atom. The third-order valence-electron chi connectivity index (χ3n) is 8.43. The van der Waals surface area contributed by atoms with Gasteiger partial charge in [0.25, 0.3) is 5.56 Å². The molecule has 0 aromatic carbocycles. The first kappa shape index (κ1) is 31.3. The van der Waals surface area contributed by atoms with Crippen LogP contribution in [0.3, 0.4) is 0 Å². The molecule has 4 aromatic heterocycles. The number of aliphatic hydroxyl groups is 2. The molecule has 22 heteroatoms. The molecule has 1 saturated carbocycles. The fourth-order valence-electron chi connectivity index (χ4n) is 6.37. The number of nitrogens with zero attached hydrogens (tertiary/aromatic N) is 5. The predicted octanol–water partition coefficient (Wildman–Crippen LogP) is -0.159. The van der Waals surface area contributed by atoms with E-state index in [1.807, 2.05) is 0 Å². The predicted molar refractivity (Wildman–Crippen MR) is 156 cm³/mol. The van der Waals surface area contributed by atoms with Gasteiger partial charge in [-0.3, -0.25) is 27.9 Å². The number of phosphoric ester groups is 2. The Hall–Kier alpha value is -3.26. The number of ether oxygens (including phenoxy) is 1. The smallest absolute Gasteiger partial charge is 0.398 e. The van der Waals surface area contributed by atoms with Gasteiger partial charge in [-0.1, -0.05) is 0 Å². The molecule has 2 aliphatic heterocycles. The van der Waals surface area contributed by atoms with Crippen LogP contribution in [0.4, 0.5) is 11.6 Å². The van der Waals surface area contributed by atoms with Gasteiger partial charge in [0.15, 0.2) is 17.4 Å². The molecule has 3 aliphatic rings. The van der Waals surface area contributed by atoms with Crippen LogP contribution in [0.1, 0.15) is 24.3 Å². The fourth-order valence-corrected chi connectivity index (χ4v) is 8.35. The quantitative estimate of drug-likeness (QED) is 0.135. The van der Waals surface area contributed by atoms with Crippen LogP contribution < -0.4 is 17.0 Å². The van der Waals surface area contributed by atoms with E-state index in [2.05, 4.69) is 19.9 Å². The molecule has 4 unspecified atom stereocenters. The van der Waals surface area contributed by atoms with E-state index in [1.165, 1.54) is 21.7 Å². The Morgan fingerprint density at radius 1 is 1.00 bits per heavy atom. The van der Waals surface area contributed by atoms with Crippen molar-refractivity contribution in [2.75, 3.05) is 24.7 Å². The maximum absolute atomic E-state index is 13.3. The summed E-state index contributed by atoms with van der Waals surface area (Å²) in [5.74, 6) is -1.18. The molecule has 1 aliphatic carbocycles. The number of aromatic amines is 1. The van der Waals surface area contributed by atoms with Gasteiger partial charge in [0.1, 0.15) is 30.1 Å². The summed E-state index contributed by atoms with van der Waals surface area (Å²) in [7, 11) is -9.99. The number of pyridine rings is 1. The van der Waals surface area contributed by atoms with Gasteiger partial charge in [0.05, 0.1) is 31.7 Å². The molecule has 2 bridgehead atoms. The normalized spacial score (nSPS) is 37.2. The Morgan fingerprint density at radius 2 is 1.72 bits per heavy atom. The first-order valence-electron chi connectivity index (χ1n) is 14.0. The lowest BCUT2D eigenvalue weighted by molar-refractivity contribution is -0.0551.